The number of carbonyl (C=O) groups is 1. The number of rotatable bonds is 4. The third-order valence-electron chi connectivity index (χ3n) is 7.79. The van der Waals surface area contributed by atoms with Gasteiger partial charge in [-0.1, -0.05) is 6.92 Å². The molecule has 0 saturated heterocycles. The lowest BCUT2D eigenvalue weighted by Gasteiger charge is -2.50. The van der Waals surface area contributed by atoms with Crippen LogP contribution in [-0.4, -0.2) is 36.7 Å². The van der Waals surface area contributed by atoms with Gasteiger partial charge < -0.3 is 9.84 Å². The van der Waals surface area contributed by atoms with E-state index >= 15 is 0 Å². The van der Waals surface area contributed by atoms with Crippen molar-refractivity contribution in [3.05, 3.63) is 23.3 Å². The highest BCUT2D eigenvalue weighted by atomic mass is 32.2. The summed E-state index contributed by atoms with van der Waals surface area (Å²) < 4.78 is 39.6. The van der Waals surface area contributed by atoms with Crippen molar-refractivity contribution in [2.75, 3.05) is 10.9 Å². The summed E-state index contributed by atoms with van der Waals surface area (Å²) in [5.41, 5.74) is 2.21. The molecule has 0 spiro atoms. The largest absolute Gasteiger partial charge is 0.492 e. The summed E-state index contributed by atoms with van der Waals surface area (Å²) in [6, 6.07) is 3.57. The van der Waals surface area contributed by atoms with Gasteiger partial charge in [0.1, 0.15) is 11.4 Å². The first-order chi connectivity index (χ1) is 14.1. The molecule has 30 heavy (non-hydrogen) atoms. The first kappa shape index (κ1) is 21.6. The van der Waals surface area contributed by atoms with Crippen molar-refractivity contribution in [2.45, 2.75) is 71.3 Å². The zero-order chi connectivity index (χ0) is 21.8. The van der Waals surface area contributed by atoms with E-state index in [4.69, 9.17) is 4.74 Å². The van der Waals surface area contributed by atoms with Crippen LogP contribution in [0, 0.1) is 17.3 Å². The number of amides is 1. The molecular weight excluding hydrogens is 406 g/mol. The maximum absolute atomic E-state index is 12.0. The van der Waals surface area contributed by atoms with Gasteiger partial charge in [-0.25, -0.2) is 0 Å². The number of ether oxygens (including phenoxy) is 1. The molecule has 4 rings (SSSR count). The van der Waals surface area contributed by atoms with Crippen molar-refractivity contribution in [3.8, 4) is 5.75 Å². The standard InChI is InChI=1S/C22H31NO6S/c1-4-29-20-12-17-14(11-19(20)23(13(2)24)30(26,27)28)5-6-16-15(17)9-10-22(3)18(16)7-8-21(22)25/h11-12,15-16,18,21,25H,4-10H2,1-3H3,(H,26,27,28)/t15-,16+,18-,21-,22-/m0/s1. The van der Waals surface area contributed by atoms with Crippen LogP contribution in [-0.2, 0) is 21.5 Å². The van der Waals surface area contributed by atoms with Crippen molar-refractivity contribution in [2.24, 2.45) is 17.3 Å². The van der Waals surface area contributed by atoms with Crippen molar-refractivity contribution >= 4 is 21.9 Å². The fourth-order valence-corrected chi connectivity index (χ4v) is 7.16. The topological polar surface area (TPSA) is 104 Å². The average molecular weight is 438 g/mol. The van der Waals surface area contributed by atoms with Crippen LogP contribution >= 0.6 is 0 Å². The maximum Gasteiger partial charge on any atom is 0.366 e. The molecule has 166 valence electrons. The van der Waals surface area contributed by atoms with Crippen LogP contribution in [0.4, 0.5) is 5.69 Å². The molecule has 3 aliphatic rings. The van der Waals surface area contributed by atoms with E-state index in [-0.39, 0.29) is 17.2 Å². The second-order valence-electron chi connectivity index (χ2n) is 9.27. The van der Waals surface area contributed by atoms with Crippen molar-refractivity contribution < 1.29 is 27.6 Å². The van der Waals surface area contributed by atoms with Crippen molar-refractivity contribution in [1.82, 2.24) is 0 Å². The van der Waals surface area contributed by atoms with E-state index in [0.717, 1.165) is 56.6 Å². The van der Waals surface area contributed by atoms with E-state index in [2.05, 4.69) is 6.92 Å². The number of nitrogens with zero attached hydrogens (tertiary/aromatic N) is 1. The summed E-state index contributed by atoms with van der Waals surface area (Å²) in [6.45, 7) is 5.44. The van der Waals surface area contributed by atoms with Crippen molar-refractivity contribution in [3.63, 3.8) is 0 Å². The molecule has 8 heteroatoms. The summed E-state index contributed by atoms with van der Waals surface area (Å²) in [5, 5.41) is 10.6. The molecule has 0 bridgehead atoms. The van der Waals surface area contributed by atoms with Gasteiger partial charge in [0.15, 0.2) is 0 Å². The van der Waals surface area contributed by atoms with Gasteiger partial charge >= 0.3 is 10.3 Å². The first-order valence-electron chi connectivity index (χ1n) is 10.8. The number of carbonyl (C=O) groups excluding carboxylic acids is 1. The van der Waals surface area contributed by atoms with E-state index in [1.807, 2.05) is 6.07 Å². The molecule has 0 aliphatic heterocycles. The quantitative estimate of drug-likeness (QED) is 0.699. The Morgan fingerprint density at radius 2 is 2.00 bits per heavy atom. The van der Waals surface area contributed by atoms with E-state index < -0.39 is 16.2 Å². The number of hydrogen-bond acceptors (Lipinski definition) is 5. The molecule has 2 saturated carbocycles. The Morgan fingerprint density at radius 3 is 2.63 bits per heavy atom. The molecule has 1 amide bonds. The minimum absolute atomic E-state index is 0.0161. The highest BCUT2D eigenvalue weighted by Gasteiger charge is 2.54. The van der Waals surface area contributed by atoms with E-state index in [9.17, 15) is 22.9 Å². The maximum atomic E-state index is 12.0. The SMILES string of the molecule is CCOc1cc2c(cc1N(C(C)=O)S(=O)(=O)O)CC[C@@H]1[C@@H]2CC[C@]2(C)[C@@H](O)CC[C@@H]12. The molecule has 5 atom stereocenters. The number of aryl methyl sites for hydroxylation is 1. The Balaban J connectivity index is 1.78. The van der Waals surface area contributed by atoms with Crippen LogP contribution in [0.2, 0.25) is 0 Å². The molecule has 0 unspecified atom stereocenters. The van der Waals surface area contributed by atoms with Gasteiger partial charge in [0.25, 0.3) is 0 Å². The first-order valence-corrected chi connectivity index (χ1v) is 12.2. The lowest BCUT2D eigenvalue weighted by atomic mass is 9.55. The Morgan fingerprint density at radius 1 is 1.27 bits per heavy atom. The summed E-state index contributed by atoms with van der Waals surface area (Å²) in [7, 11) is -4.76. The fraction of sp³-hybridized carbons (Fsp3) is 0.682. The molecule has 3 aliphatic carbocycles. The lowest BCUT2D eigenvalue weighted by molar-refractivity contribution is -0.115. The molecule has 0 heterocycles. The van der Waals surface area contributed by atoms with Gasteiger partial charge in [-0.05, 0) is 91.9 Å². The van der Waals surface area contributed by atoms with E-state index in [1.54, 1.807) is 13.0 Å². The van der Waals surface area contributed by atoms with Crippen LogP contribution in [0.15, 0.2) is 12.1 Å². The third kappa shape index (κ3) is 3.33. The fourth-order valence-electron chi connectivity index (χ4n) is 6.45. The predicted molar refractivity (Wildman–Crippen MR) is 113 cm³/mol. The Hall–Kier alpha value is -1.64. The second-order valence-corrected chi connectivity index (χ2v) is 10.5. The number of fused-ring (bicyclic) bond motifs is 5. The Labute approximate surface area is 178 Å². The molecule has 0 aromatic heterocycles. The minimum Gasteiger partial charge on any atom is -0.492 e. The zero-order valence-corrected chi connectivity index (χ0v) is 18.6. The molecule has 7 nitrogen and oxygen atoms in total. The van der Waals surface area contributed by atoms with Crippen molar-refractivity contribution in [1.29, 1.82) is 0 Å². The summed E-state index contributed by atoms with van der Waals surface area (Å²) in [5.74, 6) is 0.812. The molecule has 1 aromatic carbocycles. The van der Waals surface area contributed by atoms with Gasteiger partial charge in [-0.3, -0.25) is 9.35 Å². The lowest BCUT2D eigenvalue weighted by Crippen LogP contribution is -2.44. The normalized spacial score (nSPS) is 32.7. The van der Waals surface area contributed by atoms with Gasteiger partial charge in [0.05, 0.1) is 12.7 Å². The van der Waals surface area contributed by atoms with E-state index in [0.29, 0.717) is 34.4 Å². The minimum atomic E-state index is -4.76. The molecule has 1 aromatic rings. The second kappa shape index (κ2) is 7.50. The molecule has 2 N–H and O–H groups in total. The summed E-state index contributed by atoms with van der Waals surface area (Å²) >= 11 is 0. The van der Waals surface area contributed by atoms with Gasteiger partial charge in [-0.2, -0.15) is 12.7 Å². The van der Waals surface area contributed by atoms with Crippen LogP contribution < -0.4 is 9.04 Å². The number of benzene rings is 1. The highest BCUT2D eigenvalue weighted by molar-refractivity contribution is 7.88. The predicted octanol–water partition coefficient (Wildman–Crippen LogP) is 3.46. The number of aliphatic hydroxyl groups is 1. The molecule has 2 fully saturated rings. The van der Waals surface area contributed by atoms with Crippen LogP contribution in [0.1, 0.15) is 69.9 Å². The van der Waals surface area contributed by atoms with Gasteiger partial charge in [0, 0.05) is 6.92 Å². The Kier molecular flexibility index (Phi) is 5.39. The van der Waals surface area contributed by atoms with Crippen LogP contribution in [0.25, 0.3) is 0 Å². The molecular formula is C22H31NO6S. The summed E-state index contributed by atoms with van der Waals surface area (Å²) in [6.07, 6.45) is 5.37. The van der Waals surface area contributed by atoms with Crippen LogP contribution in [0.3, 0.4) is 0 Å². The average Bonchev–Trinajstić information content (AvgIpc) is 2.96. The van der Waals surface area contributed by atoms with Gasteiger partial charge in [0.2, 0.25) is 5.91 Å². The smallest absolute Gasteiger partial charge is 0.366 e. The highest BCUT2D eigenvalue weighted by Crippen LogP contribution is 2.61. The monoisotopic (exact) mass is 437 g/mol. The summed E-state index contributed by atoms with van der Waals surface area (Å²) in [4.78, 5) is 12.0. The van der Waals surface area contributed by atoms with E-state index in [1.165, 1.54) is 0 Å². The third-order valence-corrected chi connectivity index (χ3v) is 8.70. The Bertz CT molecular complexity index is 961. The number of anilines is 1. The van der Waals surface area contributed by atoms with Crippen LogP contribution in [0.5, 0.6) is 5.75 Å². The van der Waals surface area contributed by atoms with Gasteiger partial charge in [-0.15, -0.1) is 0 Å². The molecule has 0 radical (unpaired) electrons. The number of aliphatic hydroxyl groups excluding tert-OH is 1. The zero-order valence-electron chi connectivity index (χ0n) is 17.8. The number of hydrogen-bond donors (Lipinski definition) is 2.